The summed E-state index contributed by atoms with van der Waals surface area (Å²) in [5, 5.41) is 3.37. The molecule has 0 saturated carbocycles. The highest BCUT2D eigenvalue weighted by molar-refractivity contribution is 9.10. The molecule has 1 saturated heterocycles. The Morgan fingerprint density at radius 1 is 1.22 bits per heavy atom. The van der Waals surface area contributed by atoms with E-state index in [4.69, 9.17) is 9.73 Å². The lowest BCUT2D eigenvalue weighted by Gasteiger charge is -2.21. The lowest BCUT2D eigenvalue weighted by atomic mass is 9.98. The lowest BCUT2D eigenvalue weighted by Crippen LogP contribution is -2.31. The van der Waals surface area contributed by atoms with Crippen LogP contribution in [0.3, 0.4) is 0 Å². The van der Waals surface area contributed by atoms with Gasteiger partial charge < -0.3 is 10.1 Å². The fourth-order valence-electron chi connectivity index (χ4n) is 2.59. The van der Waals surface area contributed by atoms with Gasteiger partial charge in [0, 0.05) is 10.4 Å². The molecule has 1 unspecified atom stereocenters. The molecule has 2 aliphatic rings. The number of ether oxygens (including phenoxy) is 1. The molecule has 1 N–H and O–H groups in total. The third-order valence-electron chi connectivity index (χ3n) is 3.62. The molecule has 1 aromatic carbocycles. The molecule has 1 fully saturated rings. The van der Waals surface area contributed by atoms with Crippen molar-refractivity contribution in [2.75, 3.05) is 19.7 Å². The van der Waals surface area contributed by atoms with E-state index in [0.29, 0.717) is 12.5 Å². The summed E-state index contributed by atoms with van der Waals surface area (Å²) in [6, 6.07) is 8.42. The van der Waals surface area contributed by atoms with Gasteiger partial charge in [0.1, 0.15) is 12.6 Å². The molecule has 2 heterocycles. The molecule has 0 bridgehead atoms. The van der Waals surface area contributed by atoms with Gasteiger partial charge >= 0.3 is 0 Å². The molecule has 18 heavy (non-hydrogen) atoms. The van der Waals surface area contributed by atoms with Crippen LogP contribution in [0.15, 0.2) is 33.7 Å². The quantitative estimate of drug-likeness (QED) is 0.911. The largest absolute Gasteiger partial charge is 0.478 e. The van der Waals surface area contributed by atoms with Gasteiger partial charge in [-0.2, -0.15) is 0 Å². The Morgan fingerprint density at radius 3 is 2.78 bits per heavy atom. The second-order valence-electron chi connectivity index (χ2n) is 4.84. The Bertz CT molecular complexity index is 455. The molecule has 0 aromatic heterocycles. The SMILES string of the molecule is Brc1ccccc1C1COC(C2CCNCC2)=N1. The zero-order valence-corrected chi connectivity index (χ0v) is 11.8. The number of hydrogen-bond acceptors (Lipinski definition) is 3. The minimum absolute atomic E-state index is 0.158. The first-order valence-corrected chi connectivity index (χ1v) is 7.29. The van der Waals surface area contributed by atoms with Crippen molar-refractivity contribution < 1.29 is 4.74 Å². The van der Waals surface area contributed by atoms with E-state index in [1.54, 1.807) is 0 Å². The summed E-state index contributed by atoms with van der Waals surface area (Å²) in [7, 11) is 0. The van der Waals surface area contributed by atoms with Crippen molar-refractivity contribution in [1.29, 1.82) is 0 Å². The van der Waals surface area contributed by atoms with Crippen LogP contribution >= 0.6 is 15.9 Å². The van der Waals surface area contributed by atoms with Crippen molar-refractivity contribution in [3.8, 4) is 0 Å². The summed E-state index contributed by atoms with van der Waals surface area (Å²) in [6.45, 7) is 2.83. The topological polar surface area (TPSA) is 33.6 Å². The summed E-state index contributed by atoms with van der Waals surface area (Å²) in [6.07, 6.45) is 2.28. The van der Waals surface area contributed by atoms with Crippen molar-refractivity contribution >= 4 is 21.8 Å². The molecule has 2 aliphatic heterocycles. The standard InChI is InChI=1S/C14H17BrN2O/c15-12-4-2-1-3-11(12)13-9-18-14(17-13)10-5-7-16-8-6-10/h1-4,10,13,16H,5-9H2. The van der Waals surface area contributed by atoms with E-state index in [9.17, 15) is 0 Å². The number of halogens is 1. The average molecular weight is 309 g/mol. The molecule has 4 heteroatoms. The fourth-order valence-corrected chi connectivity index (χ4v) is 3.14. The zero-order chi connectivity index (χ0) is 12.4. The molecule has 0 amide bonds. The number of hydrogen-bond donors (Lipinski definition) is 1. The van der Waals surface area contributed by atoms with Crippen molar-refractivity contribution in [3.63, 3.8) is 0 Å². The molecular weight excluding hydrogens is 292 g/mol. The zero-order valence-electron chi connectivity index (χ0n) is 10.2. The van der Waals surface area contributed by atoms with E-state index in [1.165, 1.54) is 5.56 Å². The second-order valence-corrected chi connectivity index (χ2v) is 5.69. The highest BCUT2D eigenvalue weighted by Gasteiger charge is 2.28. The normalized spacial score (nSPS) is 24.7. The van der Waals surface area contributed by atoms with E-state index in [1.807, 2.05) is 6.07 Å². The highest BCUT2D eigenvalue weighted by atomic mass is 79.9. The van der Waals surface area contributed by atoms with Gasteiger partial charge in [0.15, 0.2) is 5.90 Å². The maximum atomic E-state index is 5.82. The molecule has 1 aromatic rings. The lowest BCUT2D eigenvalue weighted by molar-refractivity contribution is 0.285. The Hall–Kier alpha value is -0.870. The van der Waals surface area contributed by atoms with Gasteiger partial charge in [0.05, 0.1) is 0 Å². The van der Waals surface area contributed by atoms with Crippen LogP contribution < -0.4 is 5.32 Å². The Morgan fingerprint density at radius 2 is 2.00 bits per heavy atom. The molecule has 3 rings (SSSR count). The van der Waals surface area contributed by atoms with Crippen LogP contribution in [0.25, 0.3) is 0 Å². The highest BCUT2D eigenvalue weighted by Crippen LogP contribution is 2.31. The predicted molar refractivity (Wildman–Crippen MR) is 75.9 cm³/mol. The van der Waals surface area contributed by atoms with Crippen LogP contribution in [0.4, 0.5) is 0 Å². The van der Waals surface area contributed by atoms with Crippen LogP contribution in [0.5, 0.6) is 0 Å². The van der Waals surface area contributed by atoms with Crippen LogP contribution in [0, 0.1) is 5.92 Å². The van der Waals surface area contributed by atoms with Gasteiger partial charge in [-0.15, -0.1) is 0 Å². The van der Waals surface area contributed by atoms with Gasteiger partial charge in [0.25, 0.3) is 0 Å². The summed E-state index contributed by atoms with van der Waals surface area (Å²) < 4.78 is 6.94. The maximum absolute atomic E-state index is 5.82. The first kappa shape index (κ1) is 12.2. The third-order valence-corrected chi connectivity index (χ3v) is 4.35. The van der Waals surface area contributed by atoms with Crippen LogP contribution in [-0.4, -0.2) is 25.6 Å². The number of nitrogens with one attached hydrogen (secondary N) is 1. The molecule has 3 nitrogen and oxygen atoms in total. The Labute approximate surface area is 116 Å². The summed E-state index contributed by atoms with van der Waals surface area (Å²) >= 11 is 3.59. The molecule has 0 aliphatic carbocycles. The van der Waals surface area contributed by atoms with Crippen molar-refractivity contribution in [2.45, 2.75) is 18.9 Å². The van der Waals surface area contributed by atoms with Crippen molar-refractivity contribution in [1.82, 2.24) is 5.32 Å². The summed E-state index contributed by atoms with van der Waals surface area (Å²) in [5.41, 5.74) is 1.22. The molecular formula is C14H17BrN2O. The summed E-state index contributed by atoms with van der Waals surface area (Å²) in [5.74, 6) is 1.48. The second kappa shape index (κ2) is 5.41. The third kappa shape index (κ3) is 2.45. The van der Waals surface area contributed by atoms with Gasteiger partial charge in [0.2, 0.25) is 0 Å². The van der Waals surface area contributed by atoms with E-state index in [-0.39, 0.29) is 6.04 Å². The minimum Gasteiger partial charge on any atom is -0.478 e. The predicted octanol–water partition coefficient (Wildman–Crippen LogP) is 2.92. The maximum Gasteiger partial charge on any atom is 0.187 e. The summed E-state index contributed by atoms with van der Waals surface area (Å²) in [4.78, 5) is 4.78. The Balaban J connectivity index is 1.77. The first-order chi connectivity index (χ1) is 8.84. The van der Waals surface area contributed by atoms with Gasteiger partial charge in [-0.1, -0.05) is 34.1 Å². The number of rotatable bonds is 2. The Kier molecular flexibility index (Phi) is 3.66. The van der Waals surface area contributed by atoms with E-state index < -0.39 is 0 Å². The number of aliphatic imine (C=N–C) groups is 1. The van der Waals surface area contributed by atoms with Gasteiger partial charge in [-0.05, 0) is 37.6 Å². The number of nitrogens with zero attached hydrogens (tertiary/aromatic N) is 1. The molecule has 1 atom stereocenters. The van der Waals surface area contributed by atoms with Crippen molar-refractivity contribution in [3.05, 3.63) is 34.3 Å². The minimum atomic E-state index is 0.158. The van der Waals surface area contributed by atoms with Crippen LogP contribution in [0.1, 0.15) is 24.4 Å². The smallest absolute Gasteiger partial charge is 0.187 e. The number of benzene rings is 1. The van der Waals surface area contributed by atoms with Gasteiger partial charge in [-0.25, -0.2) is 4.99 Å². The van der Waals surface area contributed by atoms with Crippen LogP contribution in [-0.2, 0) is 4.74 Å². The molecule has 0 spiro atoms. The van der Waals surface area contributed by atoms with E-state index in [2.05, 4.69) is 39.4 Å². The molecule has 96 valence electrons. The number of piperidine rings is 1. The fraction of sp³-hybridized carbons (Fsp3) is 0.500. The monoisotopic (exact) mass is 308 g/mol. The first-order valence-electron chi connectivity index (χ1n) is 6.50. The molecule has 0 radical (unpaired) electrons. The van der Waals surface area contributed by atoms with Crippen LogP contribution in [0.2, 0.25) is 0 Å². The van der Waals surface area contributed by atoms with E-state index >= 15 is 0 Å². The van der Waals surface area contributed by atoms with E-state index in [0.717, 1.165) is 36.3 Å². The van der Waals surface area contributed by atoms with Crippen molar-refractivity contribution in [2.24, 2.45) is 10.9 Å². The van der Waals surface area contributed by atoms with Gasteiger partial charge in [-0.3, -0.25) is 0 Å². The average Bonchev–Trinajstić information content (AvgIpc) is 2.90.